The van der Waals surface area contributed by atoms with E-state index in [0.29, 0.717) is 39.0 Å². The number of amides is 1. The molecule has 0 unspecified atom stereocenters. The fourth-order valence-electron chi connectivity index (χ4n) is 4.36. The molecule has 302 valence electrons. The standard InChI is InChI=1S/C27H58N2O5Si.C2F6NO4S2/c1-7-13-18-29(19-14-8-2,20-15-9-3)21-25-31-27(30)28-17-16-26-35(32-22-10-4,33-23-11-5)34-24-12-6;3-1(4,5)14(10,11)9-15(12,13)2(6,7)8/h7-26H2,1-6H3;/q;-1/p+1. The van der Waals surface area contributed by atoms with Gasteiger partial charge in [-0.1, -0.05) is 60.8 Å². The second-order valence-electron chi connectivity index (χ2n) is 11.6. The van der Waals surface area contributed by atoms with Gasteiger partial charge < -0.3 is 31.9 Å². The number of sulfonamides is 2. The van der Waals surface area contributed by atoms with Crippen LogP contribution in [0.25, 0.3) is 4.13 Å². The molecule has 0 aliphatic carbocycles. The number of hydrogen-bond acceptors (Lipinski definition) is 9. The minimum Gasteiger partial charge on any atom is -0.444 e. The van der Waals surface area contributed by atoms with Gasteiger partial charge in [-0.3, -0.25) is 0 Å². The van der Waals surface area contributed by atoms with E-state index in [1.54, 1.807) is 0 Å². The third kappa shape index (κ3) is 21.3. The van der Waals surface area contributed by atoms with Crippen LogP contribution in [0.2, 0.25) is 6.04 Å². The lowest BCUT2D eigenvalue weighted by molar-refractivity contribution is -0.929. The molecule has 0 bridgehead atoms. The van der Waals surface area contributed by atoms with Crippen LogP contribution < -0.4 is 5.32 Å². The lowest BCUT2D eigenvalue weighted by atomic mass is 10.1. The summed E-state index contributed by atoms with van der Waals surface area (Å²) in [5.74, 6) is 0. The number of alkyl halides is 6. The molecule has 0 saturated heterocycles. The van der Waals surface area contributed by atoms with Crippen molar-refractivity contribution in [1.29, 1.82) is 0 Å². The van der Waals surface area contributed by atoms with E-state index in [2.05, 4.69) is 46.9 Å². The van der Waals surface area contributed by atoms with E-state index >= 15 is 0 Å². The molecule has 0 fully saturated rings. The van der Waals surface area contributed by atoms with Gasteiger partial charge in [-0.15, -0.1) is 0 Å². The molecule has 1 N–H and O–H groups in total. The fraction of sp³-hybridized carbons (Fsp3) is 0.966. The van der Waals surface area contributed by atoms with Crippen LogP contribution in [0, 0.1) is 0 Å². The SMILES string of the molecule is CCCC[N+](CCCC)(CCCC)CCOC(=O)NCCC[Si](OCCC)(OCCC)OCCC.O=S(=O)([N-]S(=O)(=O)C(F)(F)F)C(F)(F)F. The van der Waals surface area contributed by atoms with Gasteiger partial charge in [0.2, 0.25) is 0 Å². The van der Waals surface area contributed by atoms with Gasteiger partial charge in [0.15, 0.2) is 20.0 Å². The zero-order chi connectivity index (χ0) is 39.0. The molecular weight excluding hydrogens is 741 g/mol. The van der Waals surface area contributed by atoms with E-state index in [9.17, 15) is 48.0 Å². The van der Waals surface area contributed by atoms with E-state index in [1.165, 1.54) is 58.2 Å². The van der Waals surface area contributed by atoms with E-state index in [0.717, 1.165) is 40.8 Å². The van der Waals surface area contributed by atoms with Crippen LogP contribution in [0.3, 0.4) is 0 Å². The van der Waals surface area contributed by atoms with Gasteiger partial charge in [-0.25, -0.2) is 21.6 Å². The Labute approximate surface area is 296 Å². The predicted octanol–water partition coefficient (Wildman–Crippen LogP) is 7.60. The van der Waals surface area contributed by atoms with Gasteiger partial charge in [0.25, 0.3) is 0 Å². The van der Waals surface area contributed by atoms with Gasteiger partial charge >= 0.3 is 25.9 Å². The van der Waals surface area contributed by atoms with Crippen LogP contribution in [0.15, 0.2) is 0 Å². The number of rotatable bonds is 27. The summed E-state index contributed by atoms with van der Waals surface area (Å²) in [5, 5.41) is 2.93. The van der Waals surface area contributed by atoms with Crippen molar-refractivity contribution in [2.45, 2.75) is 123 Å². The van der Waals surface area contributed by atoms with Gasteiger partial charge in [0.05, 0.1) is 19.6 Å². The first-order chi connectivity index (χ1) is 23.2. The first-order valence-electron chi connectivity index (χ1n) is 17.2. The number of carbonyl (C=O) groups is 1. The summed E-state index contributed by atoms with van der Waals surface area (Å²) in [5.41, 5.74) is -12.4. The summed E-state index contributed by atoms with van der Waals surface area (Å²) in [4.78, 5) is 12.4. The number of unbranched alkanes of at least 4 members (excludes halogenated alkanes) is 3. The number of nitrogens with one attached hydrogen (secondary N) is 1. The van der Waals surface area contributed by atoms with E-state index < -0.39 is 39.9 Å². The molecule has 0 aromatic heterocycles. The van der Waals surface area contributed by atoms with Crippen LogP contribution in [-0.4, -0.2) is 106 Å². The highest BCUT2D eigenvalue weighted by atomic mass is 32.3. The molecule has 0 aliphatic heterocycles. The Morgan fingerprint density at radius 1 is 0.620 bits per heavy atom. The maximum absolute atomic E-state index is 12.4. The molecule has 1 amide bonds. The van der Waals surface area contributed by atoms with Crippen molar-refractivity contribution in [3.05, 3.63) is 4.13 Å². The van der Waals surface area contributed by atoms with Gasteiger partial charge in [0.1, 0.15) is 13.2 Å². The van der Waals surface area contributed by atoms with Crippen molar-refractivity contribution < 1.29 is 70.5 Å². The summed E-state index contributed by atoms with van der Waals surface area (Å²) >= 11 is 0. The van der Waals surface area contributed by atoms with Crippen molar-refractivity contribution in [3.63, 3.8) is 0 Å². The number of ether oxygens (including phenoxy) is 1. The van der Waals surface area contributed by atoms with Crippen molar-refractivity contribution in [3.8, 4) is 0 Å². The lowest BCUT2D eigenvalue weighted by Crippen LogP contribution is -2.52. The number of nitrogens with zero attached hydrogens (tertiary/aromatic N) is 2. The number of alkyl carbamates (subject to hydrolysis) is 1. The van der Waals surface area contributed by atoms with Crippen molar-refractivity contribution in [1.82, 2.24) is 5.32 Å². The molecule has 0 aromatic rings. The highest BCUT2D eigenvalue weighted by Gasteiger charge is 2.47. The highest BCUT2D eigenvalue weighted by molar-refractivity contribution is 8.13. The number of quaternary nitrogens is 1. The zero-order valence-corrected chi connectivity index (χ0v) is 32.9. The maximum Gasteiger partial charge on any atom is 0.501 e. The summed E-state index contributed by atoms with van der Waals surface area (Å²) in [6, 6.07) is 0.707. The van der Waals surface area contributed by atoms with Crippen LogP contribution in [0.5, 0.6) is 0 Å². The van der Waals surface area contributed by atoms with Crippen LogP contribution >= 0.6 is 0 Å². The normalized spacial score (nSPS) is 13.1. The van der Waals surface area contributed by atoms with E-state index in [4.69, 9.17) is 18.0 Å². The molecule has 0 heterocycles. The molecule has 0 aromatic carbocycles. The van der Waals surface area contributed by atoms with Gasteiger partial charge in [-0.05, 0) is 44.9 Å². The summed E-state index contributed by atoms with van der Waals surface area (Å²) in [7, 11) is -16.2. The number of carbonyl (C=O) groups excluding carboxylic acids is 1. The average molecular weight is 800 g/mol. The molecule has 0 saturated carbocycles. The highest BCUT2D eigenvalue weighted by Crippen LogP contribution is 2.36. The molecule has 0 atom stereocenters. The van der Waals surface area contributed by atoms with Gasteiger partial charge in [-0.2, -0.15) is 26.3 Å². The topological polar surface area (TPSA) is 148 Å². The molecule has 21 heteroatoms. The van der Waals surface area contributed by atoms with E-state index in [-0.39, 0.29) is 6.09 Å². The van der Waals surface area contributed by atoms with Crippen LogP contribution in [0.4, 0.5) is 31.1 Å². The average Bonchev–Trinajstić information content (AvgIpc) is 3.02. The zero-order valence-electron chi connectivity index (χ0n) is 30.3. The first-order valence-corrected chi connectivity index (χ1v) is 22.0. The summed E-state index contributed by atoms with van der Waals surface area (Å²) in [6.45, 7) is 20.4. The Kier molecular flexibility index (Phi) is 26.1. The Balaban J connectivity index is 0. The summed E-state index contributed by atoms with van der Waals surface area (Å²) < 4.78 is 134. The third-order valence-electron chi connectivity index (χ3n) is 7.05. The number of halogens is 6. The Morgan fingerprint density at radius 3 is 1.32 bits per heavy atom. The molecule has 50 heavy (non-hydrogen) atoms. The molecule has 0 rings (SSSR count). The minimum atomic E-state index is -6.72. The predicted molar refractivity (Wildman–Crippen MR) is 181 cm³/mol. The molecule has 0 radical (unpaired) electrons. The Morgan fingerprint density at radius 2 is 1.00 bits per heavy atom. The lowest BCUT2D eigenvalue weighted by Gasteiger charge is -2.39. The smallest absolute Gasteiger partial charge is 0.444 e. The Hall–Kier alpha value is -1.23. The molecule has 0 aliphatic rings. The number of hydrogen-bond donors (Lipinski definition) is 1. The fourth-order valence-corrected chi connectivity index (χ4v) is 8.91. The van der Waals surface area contributed by atoms with E-state index in [1.807, 2.05) is 0 Å². The monoisotopic (exact) mass is 799 g/mol. The Bertz CT molecular complexity index is 1030. The third-order valence-corrected chi connectivity index (χ3v) is 12.7. The molecular formula is C29H59F6N3O9S2Si. The maximum atomic E-state index is 12.4. The second-order valence-corrected chi connectivity index (χ2v) is 17.8. The minimum absolute atomic E-state index is 0.324. The first kappa shape index (κ1) is 50.9. The van der Waals surface area contributed by atoms with Crippen LogP contribution in [0.1, 0.15) is 106 Å². The van der Waals surface area contributed by atoms with Crippen molar-refractivity contribution in [2.75, 3.05) is 59.2 Å². The van der Waals surface area contributed by atoms with Crippen molar-refractivity contribution >= 4 is 34.9 Å². The molecule has 0 spiro atoms. The van der Waals surface area contributed by atoms with Gasteiger partial charge in [0, 0.05) is 32.4 Å². The second kappa shape index (κ2) is 25.7. The molecule has 12 nitrogen and oxygen atoms in total. The quantitative estimate of drug-likeness (QED) is 0.0384. The van der Waals surface area contributed by atoms with Crippen molar-refractivity contribution in [2.24, 2.45) is 0 Å². The largest absolute Gasteiger partial charge is 0.501 e. The van der Waals surface area contributed by atoms with Crippen LogP contribution in [-0.2, 0) is 38.1 Å². The summed E-state index contributed by atoms with van der Waals surface area (Å²) in [6.07, 6.45) is 10.5.